The fourth-order valence-electron chi connectivity index (χ4n) is 1.82. The second kappa shape index (κ2) is 6.82. The summed E-state index contributed by atoms with van der Waals surface area (Å²) in [5.41, 5.74) is 0. The van der Waals surface area contributed by atoms with Gasteiger partial charge < -0.3 is 10.1 Å². The van der Waals surface area contributed by atoms with Gasteiger partial charge in [0, 0.05) is 32.2 Å². The molecular formula is C13H17ClN6O. The molecule has 21 heavy (non-hydrogen) atoms. The highest BCUT2D eigenvalue weighted by molar-refractivity contribution is 6.28. The van der Waals surface area contributed by atoms with E-state index in [2.05, 4.69) is 25.4 Å². The molecule has 2 aromatic rings. The Labute approximate surface area is 127 Å². The number of rotatable bonds is 8. The Morgan fingerprint density at radius 1 is 1.33 bits per heavy atom. The molecule has 0 unspecified atom stereocenters. The summed E-state index contributed by atoms with van der Waals surface area (Å²) < 4.78 is 7.11. The van der Waals surface area contributed by atoms with Crippen LogP contribution in [0.15, 0.2) is 18.5 Å². The lowest BCUT2D eigenvalue weighted by atomic mass is 10.4. The van der Waals surface area contributed by atoms with Gasteiger partial charge in [-0.1, -0.05) is 0 Å². The summed E-state index contributed by atoms with van der Waals surface area (Å²) in [4.78, 5) is 12.4. The first-order valence-electron chi connectivity index (χ1n) is 7.04. The highest BCUT2D eigenvalue weighted by atomic mass is 35.5. The van der Waals surface area contributed by atoms with Crippen molar-refractivity contribution in [1.29, 1.82) is 0 Å². The van der Waals surface area contributed by atoms with E-state index < -0.39 is 0 Å². The third-order valence-electron chi connectivity index (χ3n) is 3.10. The summed E-state index contributed by atoms with van der Waals surface area (Å²) in [5, 5.41) is 7.33. The Bertz CT molecular complexity index is 572. The molecule has 1 aliphatic rings. The van der Waals surface area contributed by atoms with E-state index in [1.165, 1.54) is 17.5 Å². The number of hydrogen-bond donors (Lipinski definition) is 1. The number of hydrogen-bond acceptors (Lipinski definition) is 6. The molecule has 1 fully saturated rings. The van der Waals surface area contributed by atoms with Crippen LogP contribution >= 0.6 is 11.6 Å². The van der Waals surface area contributed by atoms with E-state index >= 15 is 0 Å². The quantitative estimate of drug-likeness (QED) is 0.751. The third kappa shape index (κ3) is 4.37. The van der Waals surface area contributed by atoms with Crippen LogP contribution in [0.2, 0.25) is 5.28 Å². The molecule has 0 bridgehead atoms. The zero-order valence-corrected chi connectivity index (χ0v) is 12.3. The van der Waals surface area contributed by atoms with Gasteiger partial charge in [0.25, 0.3) is 5.95 Å². The van der Waals surface area contributed by atoms with Gasteiger partial charge in [0.2, 0.25) is 11.2 Å². The molecule has 0 radical (unpaired) electrons. The minimum Gasteiger partial charge on any atom is -0.381 e. The molecule has 1 aliphatic carbocycles. The topological polar surface area (TPSA) is 77.8 Å². The summed E-state index contributed by atoms with van der Waals surface area (Å²) in [7, 11) is 0. The molecule has 2 aromatic heterocycles. The van der Waals surface area contributed by atoms with E-state index in [0.717, 1.165) is 32.1 Å². The van der Waals surface area contributed by atoms with Crippen molar-refractivity contribution in [3.05, 3.63) is 23.7 Å². The van der Waals surface area contributed by atoms with Crippen LogP contribution in [0.5, 0.6) is 0 Å². The molecule has 0 amide bonds. The first kappa shape index (κ1) is 14.2. The van der Waals surface area contributed by atoms with Crippen molar-refractivity contribution in [2.45, 2.75) is 19.3 Å². The Balaban J connectivity index is 1.48. The van der Waals surface area contributed by atoms with Gasteiger partial charge in [-0.2, -0.15) is 20.1 Å². The van der Waals surface area contributed by atoms with Gasteiger partial charge in [-0.15, -0.1) is 0 Å². The maximum Gasteiger partial charge on any atom is 0.256 e. The van der Waals surface area contributed by atoms with E-state index in [-0.39, 0.29) is 5.28 Å². The summed E-state index contributed by atoms with van der Waals surface area (Å²) in [5.74, 6) is 1.65. The van der Waals surface area contributed by atoms with Crippen molar-refractivity contribution in [1.82, 2.24) is 24.7 Å². The van der Waals surface area contributed by atoms with Gasteiger partial charge in [0.05, 0.1) is 0 Å². The summed E-state index contributed by atoms with van der Waals surface area (Å²) in [6, 6.07) is 1.79. The third-order valence-corrected chi connectivity index (χ3v) is 3.27. The predicted octanol–water partition coefficient (Wildman–Crippen LogP) is 1.94. The Morgan fingerprint density at radius 3 is 3.00 bits per heavy atom. The van der Waals surface area contributed by atoms with Crippen LogP contribution in [0, 0.1) is 5.92 Å². The SMILES string of the molecule is Clc1nc(NCCCOCC2CC2)nc(-n2cccn2)n1. The number of nitrogens with zero attached hydrogens (tertiary/aromatic N) is 5. The van der Waals surface area contributed by atoms with Crippen LogP contribution in [-0.2, 0) is 4.74 Å². The molecule has 8 heteroatoms. The van der Waals surface area contributed by atoms with Crippen molar-refractivity contribution in [3.63, 3.8) is 0 Å². The van der Waals surface area contributed by atoms with E-state index in [9.17, 15) is 0 Å². The Hall–Kier alpha value is -1.73. The molecular weight excluding hydrogens is 292 g/mol. The van der Waals surface area contributed by atoms with Gasteiger partial charge in [-0.3, -0.25) is 0 Å². The lowest BCUT2D eigenvalue weighted by Gasteiger charge is -2.07. The molecule has 112 valence electrons. The number of ether oxygens (including phenoxy) is 1. The van der Waals surface area contributed by atoms with Crippen LogP contribution in [0.3, 0.4) is 0 Å². The second-order valence-electron chi connectivity index (χ2n) is 4.98. The zero-order valence-electron chi connectivity index (χ0n) is 11.6. The average Bonchev–Trinajstić information content (AvgIpc) is 3.13. The molecule has 0 saturated heterocycles. The molecule has 0 atom stereocenters. The lowest BCUT2D eigenvalue weighted by Crippen LogP contribution is -2.12. The van der Waals surface area contributed by atoms with Crippen LogP contribution < -0.4 is 5.32 Å². The van der Waals surface area contributed by atoms with Crippen LogP contribution in [-0.4, -0.2) is 44.5 Å². The molecule has 3 rings (SSSR count). The largest absolute Gasteiger partial charge is 0.381 e. The summed E-state index contributed by atoms with van der Waals surface area (Å²) in [6.45, 7) is 2.36. The number of nitrogens with one attached hydrogen (secondary N) is 1. The predicted molar refractivity (Wildman–Crippen MR) is 78.6 cm³/mol. The standard InChI is InChI=1S/C13H17ClN6O/c14-11-17-12(15-5-2-8-21-9-10-3-4-10)19-13(18-11)20-7-1-6-16-20/h1,6-7,10H,2-5,8-9H2,(H,15,17,18,19). The average molecular weight is 309 g/mol. The fourth-order valence-corrected chi connectivity index (χ4v) is 1.97. The Kier molecular flexibility index (Phi) is 4.62. The molecule has 0 aromatic carbocycles. The molecule has 2 heterocycles. The number of anilines is 1. The van der Waals surface area contributed by atoms with E-state index in [1.807, 2.05) is 0 Å². The number of halogens is 1. The van der Waals surface area contributed by atoms with Gasteiger partial charge >= 0.3 is 0 Å². The van der Waals surface area contributed by atoms with Crippen molar-refractivity contribution in [2.75, 3.05) is 25.1 Å². The van der Waals surface area contributed by atoms with Gasteiger partial charge in [0.15, 0.2) is 0 Å². The highest BCUT2D eigenvalue weighted by Gasteiger charge is 2.20. The minimum atomic E-state index is 0.142. The van der Waals surface area contributed by atoms with Crippen molar-refractivity contribution in [2.24, 2.45) is 5.92 Å². The van der Waals surface area contributed by atoms with Gasteiger partial charge in [-0.25, -0.2) is 4.68 Å². The minimum absolute atomic E-state index is 0.142. The van der Waals surface area contributed by atoms with Crippen molar-refractivity contribution < 1.29 is 4.74 Å². The zero-order chi connectivity index (χ0) is 14.5. The maximum absolute atomic E-state index is 5.90. The van der Waals surface area contributed by atoms with Crippen molar-refractivity contribution >= 4 is 17.5 Å². The monoisotopic (exact) mass is 308 g/mol. The highest BCUT2D eigenvalue weighted by Crippen LogP contribution is 2.28. The fraction of sp³-hybridized carbons (Fsp3) is 0.538. The van der Waals surface area contributed by atoms with E-state index in [4.69, 9.17) is 16.3 Å². The summed E-state index contributed by atoms with van der Waals surface area (Å²) >= 11 is 5.90. The van der Waals surface area contributed by atoms with Gasteiger partial charge in [0.1, 0.15) is 0 Å². The Morgan fingerprint density at radius 2 is 2.24 bits per heavy atom. The smallest absolute Gasteiger partial charge is 0.256 e. The number of aromatic nitrogens is 5. The van der Waals surface area contributed by atoms with E-state index in [1.54, 1.807) is 18.5 Å². The first-order chi connectivity index (χ1) is 10.3. The van der Waals surface area contributed by atoms with Crippen LogP contribution in [0.4, 0.5) is 5.95 Å². The molecule has 1 saturated carbocycles. The van der Waals surface area contributed by atoms with Gasteiger partial charge in [-0.05, 0) is 42.8 Å². The summed E-state index contributed by atoms with van der Waals surface area (Å²) in [6.07, 6.45) is 6.94. The maximum atomic E-state index is 5.90. The molecule has 7 nitrogen and oxygen atoms in total. The molecule has 1 N–H and O–H groups in total. The van der Waals surface area contributed by atoms with E-state index in [0.29, 0.717) is 11.9 Å². The first-order valence-corrected chi connectivity index (χ1v) is 7.42. The normalized spacial score (nSPS) is 14.3. The van der Waals surface area contributed by atoms with Crippen molar-refractivity contribution in [3.8, 4) is 5.95 Å². The molecule has 0 spiro atoms. The second-order valence-corrected chi connectivity index (χ2v) is 5.32. The molecule has 0 aliphatic heterocycles. The van der Waals surface area contributed by atoms with Crippen LogP contribution in [0.1, 0.15) is 19.3 Å². The van der Waals surface area contributed by atoms with Crippen LogP contribution in [0.25, 0.3) is 5.95 Å². The lowest BCUT2D eigenvalue weighted by molar-refractivity contribution is 0.124.